The topological polar surface area (TPSA) is 78.4 Å². The smallest absolute Gasteiger partial charge is 0.315 e. The van der Waals surface area contributed by atoms with Gasteiger partial charge in [-0.25, -0.2) is 4.79 Å². The Bertz CT molecular complexity index is 390. The largest absolute Gasteiger partial charge is 0.481 e. The highest BCUT2D eigenvalue weighted by Crippen LogP contribution is 2.08. The highest BCUT2D eigenvalue weighted by Gasteiger charge is 2.19. The summed E-state index contributed by atoms with van der Waals surface area (Å²) in [6.07, 6.45) is -0.0654. The molecule has 3 N–H and O–H groups in total. The van der Waals surface area contributed by atoms with Crippen LogP contribution in [0.4, 0.5) is 4.79 Å². The molecule has 1 atom stereocenters. The minimum absolute atomic E-state index is 0.0654. The van der Waals surface area contributed by atoms with Crippen LogP contribution in [0.2, 0.25) is 0 Å². The van der Waals surface area contributed by atoms with Crippen LogP contribution in [0, 0.1) is 5.92 Å². The maximum Gasteiger partial charge on any atom is 0.315 e. The molecular weight excluding hydrogens is 252 g/mol. The van der Waals surface area contributed by atoms with E-state index in [1.165, 1.54) is 0 Å². The molecule has 0 bridgehead atoms. The summed E-state index contributed by atoms with van der Waals surface area (Å²) in [4.78, 5) is 23.4. The summed E-state index contributed by atoms with van der Waals surface area (Å²) in [7, 11) is 0. The van der Waals surface area contributed by atoms with Crippen LogP contribution in [0.5, 0.6) is 0 Å². The lowest BCUT2D eigenvalue weighted by atomic mass is 10.0. The number of aliphatic carboxylic acids is 1. The van der Waals surface area contributed by atoms with Gasteiger partial charge in [-0.1, -0.05) is 19.9 Å². The number of carbonyl (C=O) groups is 2. The highest BCUT2D eigenvalue weighted by atomic mass is 32.1. The molecule has 1 aromatic heterocycles. The maximum atomic E-state index is 11.6. The first-order valence-electron chi connectivity index (χ1n) is 5.77. The minimum atomic E-state index is -0.910. The number of hydrogen-bond acceptors (Lipinski definition) is 3. The lowest BCUT2D eigenvalue weighted by Crippen LogP contribution is -2.45. The fraction of sp³-hybridized carbons (Fsp3) is 0.500. The average Bonchev–Trinajstić information content (AvgIpc) is 2.77. The van der Waals surface area contributed by atoms with Crippen molar-refractivity contribution in [2.24, 2.45) is 5.92 Å². The van der Waals surface area contributed by atoms with Crippen LogP contribution in [0.3, 0.4) is 0 Å². The molecule has 0 aliphatic heterocycles. The Kier molecular flexibility index (Phi) is 5.64. The Morgan fingerprint density at radius 3 is 2.67 bits per heavy atom. The van der Waals surface area contributed by atoms with Crippen molar-refractivity contribution in [3.8, 4) is 0 Å². The fourth-order valence-electron chi connectivity index (χ4n) is 1.44. The molecule has 1 aromatic rings. The molecule has 0 spiro atoms. The summed E-state index contributed by atoms with van der Waals surface area (Å²) in [6, 6.07) is 3.16. The molecular formula is C12H18N2O3S. The van der Waals surface area contributed by atoms with Gasteiger partial charge in [0.2, 0.25) is 0 Å². The van der Waals surface area contributed by atoms with Gasteiger partial charge in [0, 0.05) is 10.9 Å². The second-order valence-electron chi connectivity index (χ2n) is 4.35. The summed E-state index contributed by atoms with van der Waals surface area (Å²) in [6.45, 7) is 4.22. The van der Waals surface area contributed by atoms with Gasteiger partial charge < -0.3 is 15.7 Å². The minimum Gasteiger partial charge on any atom is -0.481 e. The summed E-state index contributed by atoms with van der Waals surface area (Å²) in [5, 5.41) is 16.1. The van der Waals surface area contributed by atoms with Gasteiger partial charge in [0.1, 0.15) is 0 Å². The zero-order chi connectivity index (χ0) is 13.5. The van der Waals surface area contributed by atoms with Crippen molar-refractivity contribution in [1.82, 2.24) is 10.6 Å². The van der Waals surface area contributed by atoms with Gasteiger partial charge in [-0.2, -0.15) is 0 Å². The van der Waals surface area contributed by atoms with Gasteiger partial charge in [-0.05, 0) is 17.4 Å². The number of amides is 2. The van der Waals surface area contributed by atoms with Crippen LogP contribution < -0.4 is 10.6 Å². The van der Waals surface area contributed by atoms with E-state index in [0.717, 1.165) is 4.88 Å². The molecule has 0 radical (unpaired) electrons. The third kappa shape index (κ3) is 5.18. The second kappa shape index (κ2) is 7.00. The van der Waals surface area contributed by atoms with E-state index in [4.69, 9.17) is 5.11 Å². The Labute approximate surface area is 110 Å². The third-order valence-electron chi connectivity index (χ3n) is 2.52. The van der Waals surface area contributed by atoms with E-state index in [1.54, 1.807) is 11.3 Å². The van der Waals surface area contributed by atoms with Crippen LogP contribution in [0.25, 0.3) is 0 Å². The molecule has 0 saturated carbocycles. The molecule has 0 aromatic carbocycles. The number of carboxylic acid groups (broad SMARTS) is 1. The van der Waals surface area contributed by atoms with Crippen LogP contribution in [0.15, 0.2) is 17.5 Å². The van der Waals surface area contributed by atoms with Crippen LogP contribution >= 0.6 is 11.3 Å². The summed E-state index contributed by atoms with van der Waals surface area (Å²) < 4.78 is 0. The molecule has 0 aliphatic carbocycles. The van der Waals surface area contributed by atoms with Crippen LogP contribution in [-0.4, -0.2) is 23.1 Å². The van der Waals surface area contributed by atoms with Gasteiger partial charge in [-0.3, -0.25) is 4.79 Å². The van der Waals surface area contributed by atoms with Gasteiger partial charge in [0.05, 0.1) is 13.0 Å². The average molecular weight is 270 g/mol. The quantitative estimate of drug-likeness (QED) is 0.740. The predicted octanol–water partition coefficient (Wildman–Crippen LogP) is 2.05. The number of nitrogens with one attached hydrogen (secondary N) is 2. The van der Waals surface area contributed by atoms with Crippen molar-refractivity contribution in [2.75, 3.05) is 0 Å². The monoisotopic (exact) mass is 270 g/mol. The Morgan fingerprint density at radius 2 is 2.17 bits per heavy atom. The van der Waals surface area contributed by atoms with Crippen molar-refractivity contribution in [3.05, 3.63) is 22.4 Å². The number of thiophene rings is 1. The Balaban J connectivity index is 2.38. The number of urea groups is 1. The molecule has 1 rings (SSSR count). The van der Waals surface area contributed by atoms with E-state index in [-0.39, 0.29) is 24.4 Å². The van der Waals surface area contributed by atoms with Crippen molar-refractivity contribution >= 4 is 23.3 Å². The number of hydrogen-bond donors (Lipinski definition) is 3. The fourth-order valence-corrected chi connectivity index (χ4v) is 2.09. The lowest BCUT2D eigenvalue weighted by Gasteiger charge is -2.20. The van der Waals surface area contributed by atoms with E-state index in [9.17, 15) is 9.59 Å². The van der Waals surface area contributed by atoms with E-state index in [2.05, 4.69) is 10.6 Å². The summed E-state index contributed by atoms with van der Waals surface area (Å²) in [5.74, 6) is -0.833. The normalized spacial score (nSPS) is 12.2. The van der Waals surface area contributed by atoms with E-state index >= 15 is 0 Å². The standard InChI is InChI=1S/C12H18N2O3S/c1-8(2)10(6-11(15)16)14-12(17)13-7-9-4-3-5-18-9/h3-5,8,10H,6-7H2,1-2H3,(H,15,16)(H2,13,14,17). The van der Waals surface area contributed by atoms with Gasteiger partial charge in [0.25, 0.3) is 0 Å². The van der Waals surface area contributed by atoms with E-state index < -0.39 is 5.97 Å². The summed E-state index contributed by atoms with van der Waals surface area (Å²) >= 11 is 1.56. The molecule has 0 saturated heterocycles. The van der Waals surface area contributed by atoms with Gasteiger partial charge >= 0.3 is 12.0 Å². The van der Waals surface area contributed by atoms with Gasteiger partial charge in [0.15, 0.2) is 0 Å². The number of carboxylic acids is 1. The SMILES string of the molecule is CC(C)C(CC(=O)O)NC(=O)NCc1cccs1. The van der Waals surface area contributed by atoms with E-state index in [1.807, 2.05) is 31.4 Å². The Morgan fingerprint density at radius 1 is 1.44 bits per heavy atom. The molecule has 18 heavy (non-hydrogen) atoms. The zero-order valence-corrected chi connectivity index (χ0v) is 11.3. The van der Waals surface area contributed by atoms with Crippen LogP contribution in [0.1, 0.15) is 25.1 Å². The van der Waals surface area contributed by atoms with Crippen molar-refractivity contribution in [3.63, 3.8) is 0 Å². The van der Waals surface area contributed by atoms with Crippen LogP contribution in [-0.2, 0) is 11.3 Å². The van der Waals surface area contributed by atoms with Crippen molar-refractivity contribution in [2.45, 2.75) is 32.9 Å². The summed E-state index contributed by atoms with van der Waals surface area (Å²) in [5.41, 5.74) is 0. The molecule has 0 aliphatic rings. The molecule has 0 fully saturated rings. The third-order valence-corrected chi connectivity index (χ3v) is 3.40. The molecule has 1 unspecified atom stereocenters. The second-order valence-corrected chi connectivity index (χ2v) is 5.39. The number of rotatable bonds is 6. The van der Waals surface area contributed by atoms with Crippen molar-refractivity contribution < 1.29 is 14.7 Å². The first-order valence-corrected chi connectivity index (χ1v) is 6.65. The molecule has 2 amide bonds. The highest BCUT2D eigenvalue weighted by molar-refractivity contribution is 7.09. The number of carbonyl (C=O) groups excluding carboxylic acids is 1. The molecule has 1 heterocycles. The first kappa shape index (κ1) is 14.5. The predicted molar refractivity (Wildman–Crippen MR) is 70.6 cm³/mol. The first-order chi connectivity index (χ1) is 8.49. The Hall–Kier alpha value is -1.56. The van der Waals surface area contributed by atoms with Gasteiger partial charge in [-0.15, -0.1) is 11.3 Å². The van der Waals surface area contributed by atoms with Crippen molar-refractivity contribution in [1.29, 1.82) is 0 Å². The molecule has 6 heteroatoms. The van der Waals surface area contributed by atoms with E-state index in [0.29, 0.717) is 6.54 Å². The lowest BCUT2D eigenvalue weighted by molar-refractivity contribution is -0.137. The molecule has 5 nitrogen and oxygen atoms in total. The zero-order valence-electron chi connectivity index (χ0n) is 10.5. The molecule has 100 valence electrons. The maximum absolute atomic E-state index is 11.6.